The molecule has 29 heavy (non-hydrogen) atoms. The Labute approximate surface area is 171 Å². The van der Waals surface area contributed by atoms with Crippen LogP contribution < -0.4 is 0 Å². The Kier molecular flexibility index (Phi) is 4.29. The summed E-state index contributed by atoms with van der Waals surface area (Å²) in [5, 5.41) is 1.28. The molecule has 0 amide bonds. The van der Waals surface area contributed by atoms with Crippen LogP contribution in [0.3, 0.4) is 0 Å². The Morgan fingerprint density at radius 2 is 1.07 bits per heavy atom. The Morgan fingerprint density at radius 3 is 1.76 bits per heavy atom. The highest BCUT2D eigenvalue weighted by Gasteiger charge is 2.22. The first kappa shape index (κ1) is 17.5. The molecule has 0 aliphatic rings. The van der Waals surface area contributed by atoms with Gasteiger partial charge >= 0.3 is 0 Å². The van der Waals surface area contributed by atoms with Crippen molar-refractivity contribution in [2.45, 2.75) is 13.8 Å². The number of benzene rings is 4. The summed E-state index contributed by atoms with van der Waals surface area (Å²) in [6.45, 7) is 4.40. The summed E-state index contributed by atoms with van der Waals surface area (Å²) in [7, 11) is 0. The molecule has 1 aromatic heterocycles. The normalized spacial score (nSPS) is 11.1. The van der Waals surface area contributed by atoms with E-state index in [-0.39, 0.29) is 0 Å². The second-order valence-electron chi connectivity index (χ2n) is 7.54. The third-order valence-electron chi connectivity index (χ3n) is 5.70. The fourth-order valence-corrected chi connectivity index (χ4v) is 4.30. The summed E-state index contributed by atoms with van der Waals surface area (Å²) in [4.78, 5) is 0. The minimum absolute atomic E-state index is 1.18. The number of fused-ring (bicyclic) bond motifs is 1. The molecule has 5 aromatic rings. The molecule has 1 heterocycles. The van der Waals surface area contributed by atoms with Gasteiger partial charge in [-0.15, -0.1) is 0 Å². The Hall–Kier alpha value is -3.58. The zero-order valence-electron chi connectivity index (χ0n) is 16.8. The van der Waals surface area contributed by atoms with Gasteiger partial charge in [0.25, 0.3) is 0 Å². The third kappa shape index (κ3) is 2.87. The van der Waals surface area contributed by atoms with Crippen molar-refractivity contribution < 1.29 is 0 Å². The van der Waals surface area contributed by atoms with Gasteiger partial charge in [-0.05, 0) is 48.7 Å². The van der Waals surface area contributed by atoms with Gasteiger partial charge in [0.1, 0.15) is 0 Å². The van der Waals surface area contributed by atoms with Crippen molar-refractivity contribution in [2.24, 2.45) is 0 Å². The molecule has 4 aromatic carbocycles. The maximum Gasteiger partial charge on any atom is 0.0622 e. The lowest BCUT2D eigenvalue weighted by Gasteiger charge is -2.16. The lowest BCUT2D eigenvalue weighted by Crippen LogP contribution is -1.98. The second kappa shape index (κ2) is 7.10. The maximum absolute atomic E-state index is 2.42. The predicted octanol–water partition coefficient (Wildman–Crippen LogP) is 7.58. The summed E-state index contributed by atoms with van der Waals surface area (Å²) in [6, 6.07) is 36.8. The number of rotatable bonds is 3. The van der Waals surface area contributed by atoms with Gasteiger partial charge in [0.2, 0.25) is 0 Å². The lowest BCUT2D eigenvalue weighted by molar-refractivity contribution is 1.13. The van der Waals surface area contributed by atoms with E-state index in [2.05, 4.69) is 122 Å². The van der Waals surface area contributed by atoms with E-state index in [0.717, 1.165) is 0 Å². The van der Waals surface area contributed by atoms with Crippen molar-refractivity contribution in [3.8, 4) is 28.1 Å². The predicted molar refractivity (Wildman–Crippen MR) is 124 cm³/mol. The summed E-state index contributed by atoms with van der Waals surface area (Å²) in [5.41, 5.74) is 10.1. The molecule has 5 rings (SSSR count). The molecular weight excluding hydrogens is 350 g/mol. The van der Waals surface area contributed by atoms with Crippen LogP contribution in [0.15, 0.2) is 103 Å². The molecule has 1 heteroatoms. The first-order chi connectivity index (χ1) is 14.3. The summed E-state index contributed by atoms with van der Waals surface area (Å²) >= 11 is 0. The van der Waals surface area contributed by atoms with E-state index in [1.165, 1.54) is 50.1 Å². The summed E-state index contributed by atoms with van der Waals surface area (Å²) in [6.07, 6.45) is 0. The van der Waals surface area contributed by atoms with Gasteiger partial charge in [-0.25, -0.2) is 0 Å². The Balaban J connectivity index is 2.01. The fraction of sp³-hybridized carbons (Fsp3) is 0.0714. The maximum atomic E-state index is 2.42. The molecule has 0 saturated heterocycles. The van der Waals surface area contributed by atoms with Gasteiger partial charge in [-0.3, -0.25) is 0 Å². The van der Waals surface area contributed by atoms with Crippen LogP contribution in [-0.2, 0) is 0 Å². The van der Waals surface area contributed by atoms with Crippen LogP contribution in [0.2, 0.25) is 0 Å². The second-order valence-corrected chi connectivity index (χ2v) is 7.54. The highest BCUT2D eigenvalue weighted by Crippen LogP contribution is 2.44. The molecule has 0 N–H and O–H groups in total. The number of hydrogen-bond donors (Lipinski definition) is 0. The van der Waals surface area contributed by atoms with Crippen molar-refractivity contribution >= 4 is 10.9 Å². The average Bonchev–Trinajstić information content (AvgIpc) is 3.10. The smallest absolute Gasteiger partial charge is 0.0622 e. The van der Waals surface area contributed by atoms with Gasteiger partial charge in [0.05, 0.1) is 11.2 Å². The van der Waals surface area contributed by atoms with Crippen LogP contribution in [-0.4, -0.2) is 4.57 Å². The van der Waals surface area contributed by atoms with Crippen LogP contribution in [0.25, 0.3) is 39.0 Å². The standard InChI is InChI=1S/C28H23N/c1-20-12-6-8-16-23(20)27-25-18-10-11-19-26(25)29(22-14-4-3-5-15-22)28(27)24-17-9-7-13-21(24)2/h3-19H,1-2H3. The SMILES string of the molecule is Cc1ccccc1-c1c(-c2ccccc2C)n(-c2ccccc2)c2ccccc12. The topological polar surface area (TPSA) is 4.93 Å². The number of para-hydroxylation sites is 2. The number of hydrogen-bond acceptors (Lipinski definition) is 0. The van der Waals surface area contributed by atoms with Crippen molar-refractivity contribution in [2.75, 3.05) is 0 Å². The zero-order valence-corrected chi connectivity index (χ0v) is 16.8. The number of aryl methyl sites for hydroxylation is 2. The van der Waals surface area contributed by atoms with Crippen LogP contribution in [0, 0.1) is 13.8 Å². The fourth-order valence-electron chi connectivity index (χ4n) is 4.30. The average molecular weight is 373 g/mol. The van der Waals surface area contributed by atoms with Gasteiger partial charge < -0.3 is 4.57 Å². The van der Waals surface area contributed by atoms with Crippen molar-refractivity contribution in [3.63, 3.8) is 0 Å². The van der Waals surface area contributed by atoms with E-state index in [0.29, 0.717) is 0 Å². The van der Waals surface area contributed by atoms with Gasteiger partial charge in [-0.1, -0.05) is 84.9 Å². The Morgan fingerprint density at radius 1 is 0.517 bits per heavy atom. The molecule has 0 spiro atoms. The molecular formula is C28H23N. The van der Waals surface area contributed by atoms with E-state index >= 15 is 0 Å². The van der Waals surface area contributed by atoms with E-state index < -0.39 is 0 Å². The Bertz CT molecular complexity index is 1310. The first-order valence-corrected chi connectivity index (χ1v) is 10.1. The highest BCUT2D eigenvalue weighted by molar-refractivity contribution is 6.06. The van der Waals surface area contributed by atoms with Crippen LogP contribution in [0.5, 0.6) is 0 Å². The quantitative estimate of drug-likeness (QED) is 0.307. The molecule has 0 radical (unpaired) electrons. The van der Waals surface area contributed by atoms with Gasteiger partial charge in [0, 0.05) is 22.2 Å². The van der Waals surface area contributed by atoms with Crippen molar-refractivity contribution in [3.05, 3.63) is 114 Å². The molecule has 0 unspecified atom stereocenters. The molecule has 0 bridgehead atoms. The van der Waals surface area contributed by atoms with Crippen LogP contribution in [0.1, 0.15) is 11.1 Å². The molecule has 1 nitrogen and oxygen atoms in total. The van der Waals surface area contributed by atoms with Crippen molar-refractivity contribution in [1.82, 2.24) is 4.57 Å². The zero-order chi connectivity index (χ0) is 19.8. The molecule has 0 fully saturated rings. The summed E-state index contributed by atoms with van der Waals surface area (Å²) < 4.78 is 2.42. The van der Waals surface area contributed by atoms with Crippen LogP contribution in [0.4, 0.5) is 0 Å². The summed E-state index contributed by atoms with van der Waals surface area (Å²) in [5.74, 6) is 0. The van der Waals surface area contributed by atoms with Gasteiger partial charge in [-0.2, -0.15) is 0 Å². The lowest BCUT2D eigenvalue weighted by atomic mass is 9.93. The molecule has 0 saturated carbocycles. The van der Waals surface area contributed by atoms with Crippen molar-refractivity contribution in [1.29, 1.82) is 0 Å². The largest absolute Gasteiger partial charge is 0.309 e. The number of aromatic nitrogens is 1. The minimum Gasteiger partial charge on any atom is -0.309 e. The molecule has 0 aliphatic carbocycles. The number of nitrogens with zero attached hydrogens (tertiary/aromatic N) is 1. The monoisotopic (exact) mass is 373 g/mol. The van der Waals surface area contributed by atoms with E-state index in [1.54, 1.807) is 0 Å². The highest BCUT2D eigenvalue weighted by atomic mass is 15.0. The minimum atomic E-state index is 1.18. The third-order valence-corrected chi connectivity index (χ3v) is 5.70. The molecule has 0 atom stereocenters. The van der Waals surface area contributed by atoms with E-state index in [9.17, 15) is 0 Å². The first-order valence-electron chi connectivity index (χ1n) is 10.1. The molecule has 0 aliphatic heterocycles. The van der Waals surface area contributed by atoms with Crippen LogP contribution >= 0.6 is 0 Å². The van der Waals surface area contributed by atoms with E-state index in [1.807, 2.05) is 0 Å². The van der Waals surface area contributed by atoms with Gasteiger partial charge in [0.15, 0.2) is 0 Å². The molecule has 140 valence electrons. The van der Waals surface area contributed by atoms with E-state index in [4.69, 9.17) is 0 Å².